The Kier molecular flexibility index (Phi) is 3.81. The van der Waals surface area contributed by atoms with Crippen molar-refractivity contribution in [3.8, 4) is 0 Å². The lowest BCUT2D eigenvalue weighted by Gasteiger charge is -2.40. The van der Waals surface area contributed by atoms with E-state index in [1.165, 1.54) is 12.1 Å². The van der Waals surface area contributed by atoms with Crippen LogP contribution in [0.15, 0.2) is 24.3 Å². The third-order valence-corrected chi connectivity index (χ3v) is 3.36. The van der Waals surface area contributed by atoms with Crippen LogP contribution in [0.25, 0.3) is 0 Å². The van der Waals surface area contributed by atoms with E-state index in [1.54, 1.807) is 6.07 Å². The van der Waals surface area contributed by atoms with Gasteiger partial charge in [-0.2, -0.15) is 0 Å². The highest BCUT2D eigenvalue weighted by Gasteiger charge is 2.26. The van der Waals surface area contributed by atoms with Gasteiger partial charge < -0.3 is 10.0 Å². The molecule has 0 aromatic heterocycles. The first-order valence-electron chi connectivity index (χ1n) is 5.99. The molecule has 1 aromatic carbocycles. The number of halogens is 1. The molecule has 0 bridgehead atoms. The van der Waals surface area contributed by atoms with E-state index in [4.69, 9.17) is 5.11 Å². The van der Waals surface area contributed by atoms with E-state index >= 15 is 0 Å². The van der Waals surface area contributed by atoms with E-state index < -0.39 is 5.97 Å². The second-order valence-electron chi connectivity index (χ2n) is 4.66. The van der Waals surface area contributed by atoms with E-state index in [2.05, 4.69) is 0 Å². The second-order valence-corrected chi connectivity index (χ2v) is 4.66. The molecule has 98 valence electrons. The van der Waals surface area contributed by atoms with Gasteiger partial charge in [0, 0.05) is 31.4 Å². The third-order valence-electron chi connectivity index (χ3n) is 3.36. The first-order chi connectivity index (χ1) is 8.56. The van der Waals surface area contributed by atoms with E-state index in [1.807, 2.05) is 22.9 Å². The number of piperazine rings is 1. The second kappa shape index (κ2) is 5.35. The van der Waals surface area contributed by atoms with E-state index in [9.17, 15) is 9.18 Å². The molecule has 1 aliphatic heterocycles. The van der Waals surface area contributed by atoms with Gasteiger partial charge in [0.1, 0.15) is 5.82 Å². The number of nitrogens with zero attached hydrogens (tertiary/aromatic N) is 2. The quantitative estimate of drug-likeness (QED) is 0.883. The summed E-state index contributed by atoms with van der Waals surface area (Å²) in [5.74, 6) is -1.06. The number of likely N-dealkylation sites (N-methyl/N-ethyl adjacent to an activating group) is 1. The molecule has 1 N–H and O–H groups in total. The van der Waals surface area contributed by atoms with Crippen LogP contribution >= 0.6 is 0 Å². The number of hydrogen-bond acceptors (Lipinski definition) is 3. The first-order valence-corrected chi connectivity index (χ1v) is 5.99. The fraction of sp³-hybridized carbons (Fsp3) is 0.462. The molecule has 0 aliphatic carbocycles. The average molecular weight is 252 g/mol. The average Bonchev–Trinajstić information content (AvgIpc) is 2.31. The SMILES string of the molecule is CN1CCN(c2cccc(F)c2)CC1CC(=O)O. The molecule has 1 heterocycles. The molecule has 0 radical (unpaired) electrons. The fourth-order valence-electron chi connectivity index (χ4n) is 2.28. The number of carbonyl (C=O) groups is 1. The molecule has 5 heteroatoms. The Morgan fingerprint density at radius 3 is 2.94 bits per heavy atom. The smallest absolute Gasteiger partial charge is 0.305 e. The van der Waals surface area contributed by atoms with Gasteiger partial charge in [0.2, 0.25) is 0 Å². The van der Waals surface area contributed by atoms with Crippen molar-refractivity contribution >= 4 is 11.7 Å². The zero-order valence-electron chi connectivity index (χ0n) is 10.3. The molecular weight excluding hydrogens is 235 g/mol. The molecule has 1 atom stereocenters. The maximum Gasteiger partial charge on any atom is 0.305 e. The van der Waals surface area contributed by atoms with Crippen LogP contribution in [-0.2, 0) is 4.79 Å². The van der Waals surface area contributed by atoms with Gasteiger partial charge in [-0.05, 0) is 25.2 Å². The lowest BCUT2D eigenvalue weighted by atomic mass is 10.1. The zero-order chi connectivity index (χ0) is 13.1. The van der Waals surface area contributed by atoms with Crippen LogP contribution in [0.2, 0.25) is 0 Å². The Morgan fingerprint density at radius 2 is 2.28 bits per heavy atom. The lowest BCUT2D eigenvalue weighted by Crippen LogP contribution is -2.52. The number of benzene rings is 1. The van der Waals surface area contributed by atoms with Gasteiger partial charge in [-0.1, -0.05) is 6.07 Å². The topological polar surface area (TPSA) is 43.8 Å². The molecule has 1 aliphatic rings. The summed E-state index contributed by atoms with van der Waals surface area (Å²) in [6, 6.07) is 6.40. The summed E-state index contributed by atoms with van der Waals surface area (Å²) in [6.45, 7) is 2.19. The molecule has 18 heavy (non-hydrogen) atoms. The Balaban J connectivity index is 2.09. The summed E-state index contributed by atoms with van der Waals surface area (Å²) < 4.78 is 13.2. The summed E-state index contributed by atoms with van der Waals surface area (Å²) in [4.78, 5) is 14.9. The van der Waals surface area contributed by atoms with Crippen molar-refractivity contribution < 1.29 is 14.3 Å². The van der Waals surface area contributed by atoms with Crippen molar-refractivity contribution in [3.05, 3.63) is 30.1 Å². The first kappa shape index (κ1) is 12.8. The number of aliphatic carboxylic acids is 1. The van der Waals surface area contributed by atoms with Crippen LogP contribution < -0.4 is 4.90 Å². The number of anilines is 1. The van der Waals surface area contributed by atoms with Crippen LogP contribution in [0.4, 0.5) is 10.1 Å². The highest BCUT2D eigenvalue weighted by molar-refractivity contribution is 5.67. The Morgan fingerprint density at radius 1 is 1.50 bits per heavy atom. The maximum absolute atomic E-state index is 13.2. The summed E-state index contributed by atoms with van der Waals surface area (Å²) >= 11 is 0. The van der Waals surface area contributed by atoms with Crippen LogP contribution in [0.3, 0.4) is 0 Å². The lowest BCUT2D eigenvalue weighted by molar-refractivity contribution is -0.138. The van der Waals surface area contributed by atoms with Gasteiger partial charge in [0.05, 0.1) is 6.42 Å². The van der Waals surface area contributed by atoms with E-state index in [-0.39, 0.29) is 18.3 Å². The molecule has 2 rings (SSSR count). The molecule has 1 aromatic rings. The van der Waals surface area contributed by atoms with Gasteiger partial charge in [-0.3, -0.25) is 9.69 Å². The number of rotatable bonds is 3. The Hall–Kier alpha value is -1.62. The number of carboxylic acids is 1. The maximum atomic E-state index is 13.2. The standard InChI is InChI=1S/C13H17FN2O2/c1-15-5-6-16(9-12(15)8-13(17)18)11-4-2-3-10(14)7-11/h2-4,7,12H,5-6,8-9H2,1H3,(H,17,18). The molecular formula is C13H17FN2O2. The van der Waals surface area contributed by atoms with Crippen molar-refractivity contribution in [2.45, 2.75) is 12.5 Å². The van der Waals surface area contributed by atoms with Gasteiger partial charge in [-0.15, -0.1) is 0 Å². The van der Waals surface area contributed by atoms with Crippen LogP contribution in [0.5, 0.6) is 0 Å². The highest BCUT2D eigenvalue weighted by atomic mass is 19.1. The zero-order valence-corrected chi connectivity index (χ0v) is 10.3. The van der Waals surface area contributed by atoms with Gasteiger partial charge in [0.25, 0.3) is 0 Å². The number of carboxylic acid groups (broad SMARTS) is 1. The minimum atomic E-state index is -0.798. The van der Waals surface area contributed by atoms with Crippen molar-refractivity contribution in [2.24, 2.45) is 0 Å². The number of hydrogen-bond donors (Lipinski definition) is 1. The van der Waals surface area contributed by atoms with E-state index in [0.717, 1.165) is 18.8 Å². The predicted octanol–water partition coefficient (Wildman–Crippen LogP) is 1.42. The van der Waals surface area contributed by atoms with Gasteiger partial charge in [0.15, 0.2) is 0 Å². The van der Waals surface area contributed by atoms with Gasteiger partial charge in [-0.25, -0.2) is 4.39 Å². The van der Waals surface area contributed by atoms with Crippen LogP contribution in [0, 0.1) is 5.82 Å². The van der Waals surface area contributed by atoms with Crippen LogP contribution in [-0.4, -0.2) is 48.7 Å². The molecule has 1 fully saturated rings. The summed E-state index contributed by atoms with van der Waals surface area (Å²) in [5, 5.41) is 8.88. The normalized spacial score (nSPS) is 21.0. The molecule has 0 amide bonds. The van der Waals surface area contributed by atoms with E-state index in [0.29, 0.717) is 6.54 Å². The Labute approximate surface area is 106 Å². The molecule has 4 nitrogen and oxygen atoms in total. The minimum absolute atomic E-state index is 0.0282. The predicted molar refractivity (Wildman–Crippen MR) is 67.3 cm³/mol. The van der Waals surface area contributed by atoms with Crippen LogP contribution in [0.1, 0.15) is 6.42 Å². The monoisotopic (exact) mass is 252 g/mol. The molecule has 1 saturated heterocycles. The highest BCUT2D eigenvalue weighted by Crippen LogP contribution is 2.20. The van der Waals surface area contributed by atoms with Crippen molar-refractivity contribution in [3.63, 3.8) is 0 Å². The molecule has 0 spiro atoms. The van der Waals surface area contributed by atoms with Gasteiger partial charge >= 0.3 is 5.97 Å². The van der Waals surface area contributed by atoms with Crippen molar-refractivity contribution in [1.29, 1.82) is 0 Å². The van der Waals surface area contributed by atoms with Crippen molar-refractivity contribution in [1.82, 2.24) is 4.90 Å². The van der Waals surface area contributed by atoms with Crippen molar-refractivity contribution in [2.75, 3.05) is 31.6 Å². The Bertz CT molecular complexity index is 439. The summed E-state index contributed by atoms with van der Waals surface area (Å²) in [5.41, 5.74) is 0.818. The minimum Gasteiger partial charge on any atom is -0.481 e. The summed E-state index contributed by atoms with van der Waals surface area (Å²) in [7, 11) is 1.93. The third kappa shape index (κ3) is 2.98. The molecule has 1 unspecified atom stereocenters. The molecule has 0 saturated carbocycles. The fourth-order valence-corrected chi connectivity index (χ4v) is 2.28. The summed E-state index contributed by atoms with van der Waals surface area (Å²) in [6.07, 6.45) is 0.113. The largest absolute Gasteiger partial charge is 0.481 e.